The van der Waals surface area contributed by atoms with Crippen molar-refractivity contribution in [2.75, 3.05) is 0 Å². The second-order valence-corrected chi connectivity index (χ2v) is 4.56. The Morgan fingerprint density at radius 1 is 1.12 bits per heavy atom. The van der Waals surface area contributed by atoms with Gasteiger partial charge in [-0.3, -0.25) is 0 Å². The highest BCUT2D eigenvalue weighted by Gasteiger charge is 2.16. The molecule has 1 nitrogen and oxygen atoms in total. The van der Waals surface area contributed by atoms with E-state index in [0.717, 1.165) is 4.88 Å². The van der Waals surface area contributed by atoms with E-state index in [1.807, 2.05) is 17.5 Å². The highest BCUT2D eigenvalue weighted by atomic mass is 32.1. The van der Waals surface area contributed by atoms with Gasteiger partial charge in [0.1, 0.15) is 11.6 Å². The van der Waals surface area contributed by atoms with Crippen LogP contribution in [0.4, 0.5) is 8.78 Å². The van der Waals surface area contributed by atoms with Gasteiger partial charge in [-0.15, -0.1) is 11.3 Å². The van der Waals surface area contributed by atoms with Crippen LogP contribution in [-0.4, -0.2) is 0 Å². The summed E-state index contributed by atoms with van der Waals surface area (Å²) in [4.78, 5) is 1.02. The van der Waals surface area contributed by atoms with E-state index in [1.165, 1.54) is 29.5 Å². The predicted molar refractivity (Wildman–Crippen MR) is 61.3 cm³/mol. The molecule has 1 unspecified atom stereocenters. The quantitative estimate of drug-likeness (QED) is 0.874. The van der Waals surface area contributed by atoms with Crippen molar-refractivity contribution < 1.29 is 8.78 Å². The molecule has 0 saturated heterocycles. The van der Waals surface area contributed by atoms with Gasteiger partial charge in [-0.25, -0.2) is 8.78 Å². The van der Waals surface area contributed by atoms with Gasteiger partial charge in [0, 0.05) is 22.9 Å². The van der Waals surface area contributed by atoms with E-state index in [-0.39, 0.29) is 5.56 Å². The zero-order valence-corrected chi connectivity index (χ0v) is 9.31. The highest BCUT2D eigenvalue weighted by molar-refractivity contribution is 7.09. The van der Waals surface area contributed by atoms with Crippen LogP contribution in [0, 0.1) is 11.6 Å². The lowest BCUT2D eigenvalue weighted by Crippen LogP contribution is -2.16. The van der Waals surface area contributed by atoms with Crippen LogP contribution in [0.2, 0.25) is 0 Å². The fourth-order valence-corrected chi connectivity index (χ4v) is 2.38. The number of hydrogen-bond donors (Lipinski definition) is 1. The molecule has 0 amide bonds. The number of nitrogens with two attached hydrogens (primary N) is 1. The molecular weight excluding hydrogens is 228 g/mol. The van der Waals surface area contributed by atoms with Crippen molar-refractivity contribution in [3.8, 4) is 0 Å². The van der Waals surface area contributed by atoms with Gasteiger partial charge in [-0.2, -0.15) is 0 Å². The number of halogens is 2. The van der Waals surface area contributed by atoms with E-state index in [4.69, 9.17) is 5.73 Å². The third kappa shape index (κ3) is 2.28. The third-order valence-electron chi connectivity index (χ3n) is 2.37. The summed E-state index contributed by atoms with van der Waals surface area (Å²) in [6.07, 6.45) is 0.454. The van der Waals surface area contributed by atoms with Gasteiger partial charge in [0.05, 0.1) is 0 Å². The molecule has 0 aliphatic heterocycles. The Kier molecular flexibility index (Phi) is 3.31. The number of rotatable bonds is 3. The lowest BCUT2D eigenvalue weighted by molar-refractivity contribution is 0.525. The third-order valence-corrected chi connectivity index (χ3v) is 3.27. The number of hydrogen-bond acceptors (Lipinski definition) is 2. The molecule has 0 bridgehead atoms. The molecule has 84 valence electrons. The summed E-state index contributed by atoms with van der Waals surface area (Å²) in [6, 6.07) is 6.96. The molecule has 0 aliphatic carbocycles. The van der Waals surface area contributed by atoms with Gasteiger partial charge in [-0.1, -0.05) is 12.1 Å². The standard InChI is InChI=1S/C12H11F2NS/c13-9-4-1-5-10(14)12(9)11(15)7-8-3-2-6-16-8/h1-6,11H,7,15H2. The normalized spacial score (nSPS) is 12.7. The van der Waals surface area contributed by atoms with Gasteiger partial charge in [0.15, 0.2) is 0 Å². The summed E-state index contributed by atoms with van der Waals surface area (Å²) in [5.74, 6) is -1.16. The van der Waals surface area contributed by atoms with Crippen molar-refractivity contribution in [2.24, 2.45) is 5.73 Å². The fraction of sp³-hybridized carbons (Fsp3) is 0.167. The largest absolute Gasteiger partial charge is 0.323 e. The first-order chi connectivity index (χ1) is 7.68. The minimum Gasteiger partial charge on any atom is -0.323 e. The van der Waals surface area contributed by atoms with Gasteiger partial charge >= 0.3 is 0 Å². The van der Waals surface area contributed by atoms with E-state index in [0.29, 0.717) is 6.42 Å². The van der Waals surface area contributed by atoms with Crippen molar-refractivity contribution in [2.45, 2.75) is 12.5 Å². The van der Waals surface area contributed by atoms with Crippen molar-refractivity contribution in [1.82, 2.24) is 0 Å². The van der Waals surface area contributed by atoms with Crippen molar-refractivity contribution in [1.29, 1.82) is 0 Å². The molecular formula is C12H11F2NS. The molecule has 0 saturated carbocycles. The van der Waals surface area contributed by atoms with E-state index in [9.17, 15) is 8.78 Å². The lowest BCUT2D eigenvalue weighted by atomic mass is 10.0. The van der Waals surface area contributed by atoms with Crippen molar-refractivity contribution in [3.63, 3.8) is 0 Å². The van der Waals surface area contributed by atoms with Gasteiger partial charge in [0.2, 0.25) is 0 Å². The van der Waals surface area contributed by atoms with E-state index in [1.54, 1.807) is 0 Å². The zero-order valence-electron chi connectivity index (χ0n) is 8.49. The van der Waals surface area contributed by atoms with Crippen molar-refractivity contribution >= 4 is 11.3 Å². The van der Waals surface area contributed by atoms with Crippen molar-refractivity contribution in [3.05, 3.63) is 57.8 Å². The van der Waals surface area contributed by atoms with Crippen LogP contribution in [0.25, 0.3) is 0 Å². The maximum absolute atomic E-state index is 13.4. The van der Waals surface area contributed by atoms with Crippen LogP contribution in [0.3, 0.4) is 0 Å². The fourth-order valence-electron chi connectivity index (χ4n) is 1.61. The molecule has 0 radical (unpaired) electrons. The van der Waals surface area contributed by atoms with E-state index < -0.39 is 17.7 Å². The Morgan fingerprint density at radius 2 is 1.81 bits per heavy atom. The average Bonchev–Trinajstić information content (AvgIpc) is 2.70. The monoisotopic (exact) mass is 239 g/mol. The van der Waals surface area contributed by atoms with Crippen LogP contribution in [0.1, 0.15) is 16.5 Å². The van der Waals surface area contributed by atoms with Gasteiger partial charge < -0.3 is 5.73 Å². The molecule has 0 fully saturated rings. The Bertz CT molecular complexity index is 448. The van der Waals surface area contributed by atoms with E-state index >= 15 is 0 Å². The summed E-state index contributed by atoms with van der Waals surface area (Å²) >= 11 is 1.53. The molecule has 0 aliphatic rings. The molecule has 1 atom stereocenters. The lowest BCUT2D eigenvalue weighted by Gasteiger charge is -2.12. The van der Waals surface area contributed by atoms with Crippen LogP contribution < -0.4 is 5.73 Å². The Morgan fingerprint density at radius 3 is 2.38 bits per heavy atom. The number of thiophene rings is 1. The summed E-state index contributed by atoms with van der Waals surface area (Å²) in [5, 5.41) is 1.92. The van der Waals surface area contributed by atoms with Crippen LogP contribution in [0.5, 0.6) is 0 Å². The van der Waals surface area contributed by atoms with E-state index in [2.05, 4.69) is 0 Å². The summed E-state index contributed by atoms with van der Waals surface area (Å²) < 4.78 is 26.8. The SMILES string of the molecule is NC(Cc1cccs1)c1c(F)cccc1F. The zero-order chi connectivity index (χ0) is 11.5. The molecule has 2 aromatic rings. The van der Waals surface area contributed by atoms with Crippen LogP contribution in [0.15, 0.2) is 35.7 Å². The van der Waals surface area contributed by atoms with Crippen LogP contribution in [-0.2, 0) is 6.42 Å². The smallest absolute Gasteiger partial charge is 0.130 e. The molecule has 4 heteroatoms. The molecule has 1 aromatic heterocycles. The molecule has 16 heavy (non-hydrogen) atoms. The van der Waals surface area contributed by atoms with Gasteiger partial charge in [-0.05, 0) is 23.6 Å². The first-order valence-corrected chi connectivity index (χ1v) is 5.78. The summed E-state index contributed by atoms with van der Waals surface area (Å²) in [6.45, 7) is 0. The second-order valence-electron chi connectivity index (χ2n) is 3.53. The topological polar surface area (TPSA) is 26.0 Å². The van der Waals surface area contributed by atoms with Crippen LogP contribution >= 0.6 is 11.3 Å². The Hall–Kier alpha value is -1.26. The molecule has 0 spiro atoms. The van der Waals surface area contributed by atoms with Gasteiger partial charge in [0.25, 0.3) is 0 Å². The average molecular weight is 239 g/mol. The predicted octanol–water partition coefficient (Wildman–Crippen LogP) is 3.27. The first-order valence-electron chi connectivity index (χ1n) is 4.90. The number of benzene rings is 1. The second kappa shape index (κ2) is 4.72. The minimum atomic E-state index is -0.639. The maximum Gasteiger partial charge on any atom is 0.130 e. The Labute approximate surface area is 96.5 Å². The summed E-state index contributed by atoms with van der Waals surface area (Å²) in [7, 11) is 0. The maximum atomic E-state index is 13.4. The highest BCUT2D eigenvalue weighted by Crippen LogP contribution is 2.23. The minimum absolute atomic E-state index is 0.0316. The molecule has 1 heterocycles. The molecule has 2 rings (SSSR count). The summed E-state index contributed by atoms with van der Waals surface area (Å²) in [5.41, 5.74) is 5.78. The molecule has 2 N–H and O–H groups in total. The molecule has 1 aromatic carbocycles. The first kappa shape index (κ1) is 11.2. The Balaban J connectivity index is 2.24.